The van der Waals surface area contributed by atoms with Crippen LogP contribution in [0.3, 0.4) is 0 Å². The minimum absolute atomic E-state index is 0.0721. The van der Waals surface area contributed by atoms with Gasteiger partial charge in [0.25, 0.3) is 5.69 Å². The molecule has 0 radical (unpaired) electrons. The van der Waals surface area contributed by atoms with Crippen molar-refractivity contribution in [2.45, 2.75) is 6.54 Å². The standard InChI is InChI=1S/C17H16N6O2/c1-18-17-21-14(13-7-4-5-9-19-13)10-16(22-17)20-11-12-6-2-3-8-15(12)23(24)25/h2-10H,11H2,1H3,(H2,18,20,21,22). The topological polar surface area (TPSA) is 106 Å². The van der Waals surface area contributed by atoms with E-state index in [-0.39, 0.29) is 12.2 Å². The van der Waals surface area contributed by atoms with Crippen LogP contribution in [0.2, 0.25) is 0 Å². The summed E-state index contributed by atoms with van der Waals surface area (Å²) in [6.45, 7) is 0.277. The zero-order chi connectivity index (χ0) is 17.6. The summed E-state index contributed by atoms with van der Waals surface area (Å²) in [4.78, 5) is 23.7. The van der Waals surface area contributed by atoms with E-state index >= 15 is 0 Å². The van der Waals surface area contributed by atoms with Crippen molar-refractivity contribution in [2.75, 3.05) is 17.7 Å². The first-order chi connectivity index (χ1) is 12.2. The lowest BCUT2D eigenvalue weighted by Crippen LogP contribution is -2.07. The lowest BCUT2D eigenvalue weighted by atomic mass is 10.2. The highest BCUT2D eigenvalue weighted by molar-refractivity contribution is 5.61. The molecule has 2 aromatic heterocycles. The molecule has 0 atom stereocenters. The quantitative estimate of drug-likeness (QED) is 0.526. The summed E-state index contributed by atoms with van der Waals surface area (Å²) < 4.78 is 0. The van der Waals surface area contributed by atoms with Crippen molar-refractivity contribution in [1.82, 2.24) is 15.0 Å². The summed E-state index contributed by atoms with van der Waals surface area (Å²) in [6.07, 6.45) is 1.69. The normalized spacial score (nSPS) is 10.3. The maximum atomic E-state index is 11.1. The number of para-hydroxylation sites is 1. The van der Waals surface area contributed by atoms with Gasteiger partial charge < -0.3 is 10.6 Å². The van der Waals surface area contributed by atoms with Crippen molar-refractivity contribution in [2.24, 2.45) is 0 Å². The predicted molar refractivity (Wildman–Crippen MR) is 95.2 cm³/mol. The number of aromatic nitrogens is 3. The largest absolute Gasteiger partial charge is 0.366 e. The van der Waals surface area contributed by atoms with Crippen LogP contribution in [0.5, 0.6) is 0 Å². The molecule has 0 aliphatic heterocycles. The minimum Gasteiger partial charge on any atom is -0.366 e. The Morgan fingerprint density at radius 1 is 1.08 bits per heavy atom. The molecule has 8 heteroatoms. The fourth-order valence-electron chi connectivity index (χ4n) is 2.32. The van der Waals surface area contributed by atoms with Crippen LogP contribution in [0.4, 0.5) is 17.5 Å². The van der Waals surface area contributed by atoms with Crippen LogP contribution < -0.4 is 10.6 Å². The molecule has 0 aliphatic carbocycles. The van der Waals surface area contributed by atoms with Crippen molar-refractivity contribution in [3.05, 3.63) is 70.4 Å². The summed E-state index contributed by atoms with van der Waals surface area (Å²) >= 11 is 0. The maximum absolute atomic E-state index is 11.1. The van der Waals surface area contributed by atoms with Crippen LogP contribution >= 0.6 is 0 Å². The van der Waals surface area contributed by atoms with Gasteiger partial charge in [0.15, 0.2) is 0 Å². The molecule has 0 amide bonds. The summed E-state index contributed by atoms with van der Waals surface area (Å²) in [6, 6.07) is 13.9. The number of nitro benzene ring substituents is 1. The van der Waals surface area contributed by atoms with Crippen molar-refractivity contribution in [3.8, 4) is 11.4 Å². The minimum atomic E-state index is -0.394. The van der Waals surface area contributed by atoms with Gasteiger partial charge in [-0.2, -0.15) is 4.98 Å². The Labute approximate surface area is 144 Å². The molecule has 25 heavy (non-hydrogen) atoms. The highest BCUT2D eigenvalue weighted by Gasteiger charge is 2.13. The second kappa shape index (κ2) is 7.35. The second-order valence-corrected chi connectivity index (χ2v) is 5.17. The average Bonchev–Trinajstić information content (AvgIpc) is 2.67. The molecule has 0 fully saturated rings. The highest BCUT2D eigenvalue weighted by Crippen LogP contribution is 2.22. The first-order valence-electron chi connectivity index (χ1n) is 7.62. The van der Waals surface area contributed by atoms with Crippen LogP contribution in [-0.2, 0) is 6.54 Å². The Hall–Kier alpha value is -3.55. The van der Waals surface area contributed by atoms with Crippen LogP contribution in [0.25, 0.3) is 11.4 Å². The number of rotatable bonds is 6. The van der Waals surface area contributed by atoms with Gasteiger partial charge in [0.05, 0.1) is 16.3 Å². The molecule has 3 rings (SSSR count). The van der Waals surface area contributed by atoms with Gasteiger partial charge in [-0.1, -0.05) is 24.3 Å². The van der Waals surface area contributed by atoms with Crippen LogP contribution in [-0.4, -0.2) is 26.9 Å². The first-order valence-corrected chi connectivity index (χ1v) is 7.62. The van der Waals surface area contributed by atoms with Gasteiger partial charge >= 0.3 is 0 Å². The lowest BCUT2D eigenvalue weighted by Gasteiger charge is -2.10. The Morgan fingerprint density at radius 3 is 2.60 bits per heavy atom. The Balaban J connectivity index is 1.87. The third-order valence-corrected chi connectivity index (χ3v) is 3.53. The fourth-order valence-corrected chi connectivity index (χ4v) is 2.32. The van der Waals surface area contributed by atoms with E-state index in [9.17, 15) is 10.1 Å². The molecule has 0 aliphatic rings. The van der Waals surface area contributed by atoms with Gasteiger partial charge in [-0.25, -0.2) is 4.98 Å². The summed E-state index contributed by atoms with van der Waals surface area (Å²) in [5.41, 5.74) is 2.03. The molecule has 0 spiro atoms. The number of benzene rings is 1. The van der Waals surface area contributed by atoms with E-state index in [0.717, 1.165) is 5.69 Å². The van der Waals surface area contributed by atoms with Gasteiger partial charge in [0.1, 0.15) is 5.82 Å². The van der Waals surface area contributed by atoms with Crippen molar-refractivity contribution in [1.29, 1.82) is 0 Å². The van der Waals surface area contributed by atoms with Crippen molar-refractivity contribution < 1.29 is 4.92 Å². The molecule has 0 bridgehead atoms. The number of nitrogens with zero attached hydrogens (tertiary/aromatic N) is 4. The number of hydrogen-bond acceptors (Lipinski definition) is 7. The van der Waals surface area contributed by atoms with Crippen LogP contribution in [0, 0.1) is 10.1 Å². The molecular weight excluding hydrogens is 320 g/mol. The Kier molecular flexibility index (Phi) is 4.79. The van der Waals surface area contributed by atoms with E-state index < -0.39 is 4.92 Å². The molecule has 0 saturated carbocycles. The molecule has 126 valence electrons. The fraction of sp³-hybridized carbons (Fsp3) is 0.118. The van der Waals surface area contributed by atoms with Crippen LogP contribution in [0.1, 0.15) is 5.56 Å². The second-order valence-electron chi connectivity index (χ2n) is 5.17. The molecule has 3 aromatic rings. The SMILES string of the molecule is CNc1nc(NCc2ccccc2[N+](=O)[O-])cc(-c2ccccn2)n1. The van der Waals surface area contributed by atoms with Gasteiger partial charge in [-0.05, 0) is 12.1 Å². The number of nitrogens with one attached hydrogen (secondary N) is 2. The number of hydrogen-bond donors (Lipinski definition) is 2. The molecule has 1 aromatic carbocycles. The highest BCUT2D eigenvalue weighted by atomic mass is 16.6. The molecule has 2 N–H and O–H groups in total. The summed E-state index contributed by atoms with van der Waals surface area (Å²) in [7, 11) is 1.73. The van der Waals surface area contributed by atoms with E-state index in [1.807, 2.05) is 18.2 Å². The van der Waals surface area contributed by atoms with Gasteiger partial charge in [-0.15, -0.1) is 0 Å². The average molecular weight is 336 g/mol. The van der Waals surface area contributed by atoms with Crippen LogP contribution in [0.15, 0.2) is 54.7 Å². The van der Waals surface area contributed by atoms with E-state index in [4.69, 9.17) is 0 Å². The molecule has 8 nitrogen and oxygen atoms in total. The maximum Gasteiger partial charge on any atom is 0.274 e. The van der Waals surface area contributed by atoms with Crippen molar-refractivity contribution in [3.63, 3.8) is 0 Å². The molecular formula is C17H16N6O2. The van der Waals surface area contributed by atoms with E-state index in [2.05, 4.69) is 25.6 Å². The summed E-state index contributed by atoms with van der Waals surface area (Å²) in [5, 5.41) is 17.1. The monoisotopic (exact) mass is 336 g/mol. The Morgan fingerprint density at radius 2 is 1.88 bits per heavy atom. The number of anilines is 2. The first kappa shape index (κ1) is 16.3. The lowest BCUT2D eigenvalue weighted by molar-refractivity contribution is -0.385. The van der Waals surface area contributed by atoms with E-state index in [0.29, 0.717) is 23.0 Å². The molecule has 0 unspecified atom stereocenters. The van der Waals surface area contributed by atoms with E-state index in [1.165, 1.54) is 6.07 Å². The third-order valence-electron chi connectivity index (χ3n) is 3.53. The predicted octanol–water partition coefficient (Wildman–Crippen LogP) is 3.10. The summed E-state index contributed by atoms with van der Waals surface area (Å²) in [5.74, 6) is 0.992. The van der Waals surface area contributed by atoms with Crippen molar-refractivity contribution >= 4 is 17.5 Å². The molecule has 2 heterocycles. The van der Waals surface area contributed by atoms with E-state index in [1.54, 1.807) is 37.5 Å². The third kappa shape index (κ3) is 3.86. The number of pyridine rings is 1. The zero-order valence-corrected chi connectivity index (χ0v) is 13.5. The van der Waals surface area contributed by atoms with Gasteiger partial charge in [0.2, 0.25) is 5.95 Å². The van der Waals surface area contributed by atoms with Gasteiger partial charge in [-0.3, -0.25) is 15.1 Å². The Bertz CT molecular complexity index is 885. The zero-order valence-electron chi connectivity index (χ0n) is 13.5. The smallest absolute Gasteiger partial charge is 0.274 e. The number of nitro groups is 1. The van der Waals surface area contributed by atoms with Gasteiger partial charge in [0, 0.05) is 37.5 Å². The molecule has 0 saturated heterocycles.